The number of ether oxygens (including phenoxy) is 1. The monoisotopic (exact) mass is 295 g/mol. The van der Waals surface area contributed by atoms with Crippen molar-refractivity contribution in [3.05, 3.63) is 52.4 Å². The lowest BCUT2D eigenvalue weighted by Gasteiger charge is -2.11. The molecule has 1 aromatic carbocycles. The van der Waals surface area contributed by atoms with Gasteiger partial charge >= 0.3 is 0 Å². The summed E-state index contributed by atoms with van der Waals surface area (Å²) in [5.41, 5.74) is 7.15. The highest BCUT2D eigenvalue weighted by atomic mass is 79.9. The van der Waals surface area contributed by atoms with Gasteiger partial charge in [0.15, 0.2) is 4.67 Å². The molecule has 1 unspecified atom stereocenters. The van der Waals surface area contributed by atoms with Crippen molar-refractivity contribution in [1.82, 2.24) is 0 Å². The highest BCUT2D eigenvalue weighted by Gasteiger charge is 2.11. The second-order valence-electron chi connectivity index (χ2n) is 3.87. The molecule has 1 aromatic heterocycles. The molecule has 2 aromatic rings. The first kappa shape index (κ1) is 12.2. The van der Waals surface area contributed by atoms with E-state index in [2.05, 4.69) is 15.9 Å². The molecular weight excluding hydrogens is 282 g/mol. The van der Waals surface area contributed by atoms with Gasteiger partial charge in [0.1, 0.15) is 18.1 Å². The molecule has 0 saturated carbocycles. The molecule has 3 nitrogen and oxygen atoms in total. The molecular formula is C13H14BrNO2. The van der Waals surface area contributed by atoms with Crippen LogP contribution in [0.2, 0.25) is 0 Å². The van der Waals surface area contributed by atoms with E-state index in [0.717, 1.165) is 5.75 Å². The number of nitrogens with two attached hydrogens (primary N) is 1. The minimum absolute atomic E-state index is 0.261. The van der Waals surface area contributed by atoms with Crippen molar-refractivity contribution >= 4 is 15.9 Å². The van der Waals surface area contributed by atoms with E-state index in [1.54, 1.807) is 0 Å². The van der Waals surface area contributed by atoms with Gasteiger partial charge in [0.2, 0.25) is 0 Å². The van der Waals surface area contributed by atoms with Crippen molar-refractivity contribution in [3.8, 4) is 5.75 Å². The molecule has 2 N–H and O–H groups in total. The summed E-state index contributed by atoms with van der Waals surface area (Å²) in [6, 6.07) is 11.3. The lowest BCUT2D eigenvalue weighted by Crippen LogP contribution is -2.18. The third-order valence-electron chi connectivity index (χ3n) is 2.41. The normalized spacial score (nSPS) is 12.4. The largest absolute Gasteiger partial charge is 0.491 e. The fourth-order valence-electron chi connectivity index (χ4n) is 1.43. The first-order chi connectivity index (χ1) is 8.15. The molecule has 0 bridgehead atoms. The molecule has 1 atom stereocenters. The minimum atomic E-state index is -0.261. The van der Waals surface area contributed by atoms with E-state index in [1.165, 1.54) is 5.56 Å². The van der Waals surface area contributed by atoms with Crippen molar-refractivity contribution in [2.75, 3.05) is 6.61 Å². The SMILES string of the molecule is Cc1ccc(OCC(N)c2ccc(Br)o2)cc1. The quantitative estimate of drug-likeness (QED) is 0.940. The summed E-state index contributed by atoms with van der Waals surface area (Å²) in [5.74, 6) is 1.53. The zero-order chi connectivity index (χ0) is 12.3. The van der Waals surface area contributed by atoms with Crippen LogP contribution in [0.5, 0.6) is 5.75 Å². The highest BCUT2D eigenvalue weighted by molar-refractivity contribution is 9.10. The average molecular weight is 296 g/mol. The lowest BCUT2D eigenvalue weighted by molar-refractivity contribution is 0.271. The van der Waals surface area contributed by atoms with Crippen LogP contribution >= 0.6 is 15.9 Å². The fourth-order valence-corrected chi connectivity index (χ4v) is 1.75. The zero-order valence-corrected chi connectivity index (χ0v) is 11.1. The Morgan fingerprint density at radius 1 is 1.24 bits per heavy atom. The molecule has 90 valence electrons. The summed E-state index contributed by atoms with van der Waals surface area (Å²) in [5, 5.41) is 0. The van der Waals surface area contributed by atoms with E-state index in [9.17, 15) is 0 Å². The third kappa shape index (κ3) is 3.35. The van der Waals surface area contributed by atoms with Crippen LogP contribution in [-0.4, -0.2) is 6.61 Å². The van der Waals surface area contributed by atoms with E-state index in [4.69, 9.17) is 14.9 Å². The smallest absolute Gasteiger partial charge is 0.169 e. The maximum atomic E-state index is 5.95. The molecule has 0 saturated heterocycles. The molecule has 2 rings (SSSR count). The maximum Gasteiger partial charge on any atom is 0.169 e. The summed E-state index contributed by atoms with van der Waals surface area (Å²) in [7, 11) is 0. The van der Waals surface area contributed by atoms with Gasteiger partial charge in [-0.05, 0) is 47.1 Å². The van der Waals surface area contributed by atoms with Crippen molar-refractivity contribution < 1.29 is 9.15 Å². The van der Waals surface area contributed by atoms with E-state index in [0.29, 0.717) is 17.0 Å². The van der Waals surface area contributed by atoms with Crippen molar-refractivity contribution in [1.29, 1.82) is 0 Å². The summed E-state index contributed by atoms with van der Waals surface area (Å²) in [4.78, 5) is 0. The molecule has 0 radical (unpaired) electrons. The zero-order valence-electron chi connectivity index (χ0n) is 9.52. The van der Waals surface area contributed by atoms with Crippen LogP contribution in [-0.2, 0) is 0 Å². The van der Waals surface area contributed by atoms with Gasteiger partial charge in [-0.1, -0.05) is 17.7 Å². The first-order valence-corrected chi connectivity index (χ1v) is 6.15. The molecule has 0 aliphatic rings. The number of hydrogen-bond donors (Lipinski definition) is 1. The van der Waals surface area contributed by atoms with Crippen LogP contribution in [0, 0.1) is 6.92 Å². The molecule has 0 fully saturated rings. The second kappa shape index (κ2) is 5.38. The molecule has 0 amide bonds. The number of aryl methyl sites for hydroxylation is 1. The molecule has 0 aliphatic carbocycles. The van der Waals surface area contributed by atoms with Gasteiger partial charge in [-0.3, -0.25) is 0 Å². The fraction of sp³-hybridized carbons (Fsp3) is 0.231. The number of benzene rings is 1. The van der Waals surface area contributed by atoms with Crippen LogP contribution in [0.15, 0.2) is 45.5 Å². The van der Waals surface area contributed by atoms with Crippen molar-refractivity contribution in [3.63, 3.8) is 0 Å². The summed E-state index contributed by atoms with van der Waals surface area (Å²) < 4.78 is 11.6. The molecule has 0 spiro atoms. The number of hydrogen-bond acceptors (Lipinski definition) is 3. The average Bonchev–Trinajstić information content (AvgIpc) is 2.75. The van der Waals surface area contributed by atoms with Gasteiger partial charge in [-0.25, -0.2) is 0 Å². The molecule has 1 heterocycles. The first-order valence-electron chi connectivity index (χ1n) is 5.35. The maximum absolute atomic E-state index is 5.95. The summed E-state index contributed by atoms with van der Waals surface area (Å²) >= 11 is 3.24. The summed E-state index contributed by atoms with van der Waals surface area (Å²) in [6.07, 6.45) is 0. The standard InChI is InChI=1S/C13H14BrNO2/c1-9-2-4-10(5-3-9)16-8-11(15)12-6-7-13(14)17-12/h2-7,11H,8,15H2,1H3. The van der Waals surface area contributed by atoms with Crippen molar-refractivity contribution in [2.24, 2.45) is 5.73 Å². The second-order valence-corrected chi connectivity index (χ2v) is 4.65. The lowest BCUT2D eigenvalue weighted by atomic mass is 10.2. The van der Waals surface area contributed by atoms with Gasteiger partial charge in [0.25, 0.3) is 0 Å². The van der Waals surface area contributed by atoms with Gasteiger partial charge in [-0.2, -0.15) is 0 Å². The summed E-state index contributed by atoms with van der Waals surface area (Å²) in [6.45, 7) is 2.43. The van der Waals surface area contributed by atoms with Crippen LogP contribution in [0.1, 0.15) is 17.4 Å². The van der Waals surface area contributed by atoms with Crippen molar-refractivity contribution in [2.45, 2.75) is 13.0 Å². The Balaban J connectivity index is 1.92. The van der Waals surface area contributed by atoms with E-state index in [1.807, 2.05) is 43.3 Å². The Kier molecular flexibility index (Phi) is 3.86. The van der Waals surface area contributed by atoms with Gasteiger partial charge < -0.3 is 14.9 Å². The van der Waals surface area contributed by atoms with Crippen LogP contribution in [0.25, 0.3) is 0 Å². The Morgan fingerprint density at radius 3 is 2.53 bits per heavy atom. The number of furan rings is 1. The van der Waals surface area contributed by atoms with E-state index >= 15 is 0 Å². The van der Waals surface area contributed by atoms with Gasteiger partial charge in [0.05, 0.1) is 6.04 Å². The highest BCUT2D eigenvalue weighted by Crippen LogP contribution is 2.20. The molecule has 4 heteroatoms. The van der Waals surface area contributed by atoms with E-state index < -0.39 is 0 Å². The Morgan fingerprint density at radius 2 is 1.94 bits per heavy atom. The van der Waals surface area contributed by atoms with Crippen LogP contribution < -0.4 is 10.5 Å². The molecule has 17 heavy (non-hydrogen) atoms. The topological polar surface area (TPSA) is 48.4 Å². The van der Waals surface area contributed by atoms with E-state index in [-0.39, 0.29) is 6.04 Å². The minimum Gasteiger partial charge on any atom is -0.491 e. The van der Waals surface area contributed by atoms with Crippen LogP contribution in [0.3, 0.4) is 0 Å². The predicted octanol–water partition coefficient (Wildman–Crippen LogP) is 3.43. The van der Waals surface area contributed by atoms with Gasteiger partial charge in [-0.15, -0.1) is 0 Å². The Hall–Kier alpha value is -1.26. The predicted molar refractivity (Wildman–Crippen MR) is 70.0 cm³/mol. The number of rotatable bonds is 4. The molecule has 0 aliphatic heterocycles. The van der Waals surface area contributed by atoms with Crippen LogP contribution in [0.4, 0.5) is 0 Å². The Labute approximate surface area is 109 Å². The third-order valence-corrected chi connectivity index (χ3v) is 2.84. The Bertz CT molecular complexity index is 478. The van der Waals surface area contributed by atoms with Gasteiger partial charge in [0, 0.05) is 0 Å². The number of halogens is 1.